The molecule has 1 saturated heterocycles. The molecular formula is C29H33N3O8S. The van der Waals surface area contributed by atoms with E-state index >= 15 is 0 Å². The van der Waals surface area contributed by atoms with Crippen molar-refractivity contribution in [1.82, 2.24) is 13.8 Å². The van der Waals surface area contributed by atoms with E-state index in [4.69, 9.17) is 14.2 Å². The maximum atomic E-state index is 13.2. The molecule has 2 aromatic carbocycles. The van der Waals surface area contributed by atoms with Crippen molar-refractivity contribution in [1.29, 1.82) is 0 Å². The number of carbonyl (C=O) groups is 2. The molecule has 0 radical (unpaired) electrons. The zero-order chi connectivity index (χ0) is 29.1. The molecule has 1 aromatic heterocycles. The zero-order valence-corrected chi connectivity index (χ0v) is 23.7. The Bertz CT molecular complexity index is 1560. The number of carbonyl (C=O) groups excluding carboxylic acids is 2. The number of rotatable bonds is 11. The standard InChI is InChI=1S/C29H33N3O8S/c1-20(34)32-19-25(24-5-3-4-6-26(24)32)21-17-27(29(35)30-11-12-30)40-28(18-21)39-16-14-31(13-15-33)41(36,37)23-9-7-22(38-2)8-10-23/h3-10,17,19,21,28,33H,11-16,18H2,1-2H3/t21-,28+/m1/s1. The van der Waals surface area contributed by atoms with Crippen molar-refractivity contribution in [2.45, 2.75) is 30.4 Å². The van der Waals surface area contributed by atoms with Crippen LogP contribution in [0.15, 0.2) is 71.5 Å². The Morgan fingerprint density at radius 2 is 1.83 bits per heavy atom. The molecule has 5 rings (SSSR count). The molecule has 1 amide bonds. The fourth-order valence-corrected chi connectivity index (χ4v) is 6.36. The highest BCUT2D eigenvalue weighted by molar-refractivity contribution is 7.89. The van der Waals surface area contributed by atoms with Crippen molar-refractivity contribution >= 4 is 32.7 Å². The lowest BCUT2D eigenvalue weighted by atomic mass is 9.92. The largest absolute Gasteiger partial charge is 0.497 e. The minimum absolute atomic E-state index is 0.0346. The molecule has 0 spiro atoms. The van der Waals surface area contributed by atoms with Gasteiger partial charge in [0.25, 0.3) is 5.91 Å². The SMILES string of the molecule is COc1ccc(S(=O)(=O)N(CCO)CCO[C@@H]2C[C@H](c3cn(C(C)=O)c4ccccc34)C=C(C(=O)N3CC3)O2)cc1. The molecule has 0 aliphatic carbocycles. The molecular weight excluding hydrogens is 550 g/mol. The van der Waals surface area contributed by atoms with E-state index in [9.17, 15) is 23.1 Å². The first-order valence-corrected chi connectivity index (χ1v) is 14.8. The molecule has 1 N–H and O–H groups in total. The van der Waals surface area contributed by atoms with E-state index in [0.29, 0.717) is 25.3 Å². The molecule has 3 heterocycles. The predicted octanol–water partition coefficient (Wildman–Crippen LogP) is 2.57. The quantitative estimate of drug-likeness (QED) is 0.341. The van der Waals surface area contributed by atoms with Crippen molar-refractivity contribution in [3.05, 3.63) is 72.1 Å². The van der Waals surface area contributed by atoms with Crippen molar-refractivity contribution in [3.8, 4) is 5.75 Å². The van der Waals surface area contributed by atoms with E-state index in [1.54, 1.807) is 33.9 Å². The molecule has 0 bridgehead atoms. The topological polar surface area (TPSA) is 127 Å². The summed E-state index contributed by atoms with van der Waals surface area (Å²) in [6.07, 6.45) is 3.09. The van der Waals surface area contributed by atoms with Gasteiger partial charge in [-0.05, 0) is 42.0 Å². The number of aliphatic hydroxyl groups excluding tert-OH is 1. The van der Waals surface area contributed by atoms with Crippen LogP contribution in [0.3, 0.4) is 0 Å². The number of hydrogen-bond donors (Lipinski definition) is 1. The van der Waals surface area contributed by atoms with Gasteiger partial charge in [0.15, 0.2) is 5.76 Å². The predicted molar refractivity (Wildman–Crippen MR) is 150 cm³/mol. The van der Waals surface area contributed by atoms with Crippen molar-refractivity contribution in [2.75, 3.05) is 46.5 Å². The van der Waals surface area contributed by atoms with E-state index in [1.165, 1.54) is 26.2 Å². The summed E-state index contributed by atoms with van der Waals surface area (Å²) in [6, 6.07) is 13.6. The Kier molecular flexibility index (Phi) is 8.45. The summed E-state index contributed by atoms with van der Waals surface area (Å²) < 4.78 is 46.3. The maximum absolute atomic E-state index is 13.2. The Labute approximate surface area is 238 Å². The number of nitrogens with zero attached hydrogens (tertiary/aromatic N) is 3. The number of amides is 1. The van der Waals surface area contributed by atoms with Gasteiger partial charge in [0, 0.05) is 57.0 Å². The second-order valence-corrected chi connectivity index (χ2v) is 11.8. The Hall–Kier alpha value is -3.71. The van der Waals surface area contributed by atoms with Gasteiger partial charge in [0.2, 0.25) is 22.2 Å². The lowest BCUT2D eigenvalue weighted by molar-refractivity contribution is -0.149. The number of hydrogen-bond acceptors (Lipinski definition) is 8. The first-order valence-electron chi connectivity index (χ1n) is 13.4. The summed E-state index contributed by atoms with van der Waals surface area (Å²) >= 11 is 0. The fraction of sp³-hybridized carbons (Fsp3) is 0.379. The molecule has 3 aromatic rings. The van der Waals surface area contributed by atoms with Crippen LogP contribution in [-0.4, -0.2) is 91.9 Å². The number of ether oxygens (including phenoxy) is 3. The van der Waals surface area contributed by atoms with Crippen molar-refractivity contribution in [2.24, 2.45) is 0 Å². The second-order valence-electron chi connectivity index (χ2n) is 9.88. The van der Waals surface area contributed by atoms with Gasteiger partial charge in [0.05, 0.1) is 30.7 Å². The summed E-state index contributed by atoms with van der Waals surface area (Å²) in [5.41, 5.74) is 1.64. The number of fused-ring (bicyclic) bond motifs is 1. The number of sulfonamides is 1. The van der Waals surface area contributed by atoms with Crippen LogP contribution >= 0.6 is 0 Å². The van der Waals surface area contributed by atoms with Crippen LogP contribution in [0.25, 0.3) is 10.9 Å². The third kappa shape index (κ3) is 6.15. The van der Waals surface area contributed by atoms with Crippen LogP contribution < -0.4 is 4.74 Å². The normalized spacial score (nSPS) is 18.7. The fourth-order valence-electron chi connectivity index (χ4n) is 4.94. The van der Waals surface area contributed by atoms with Crippen LogP contribution in [0.4, 0.5) is 0 Å². The Morgan fingerprint density at radius 3 is 2.49 bits per heavy atom. The molecule has 1 fully saturated rings. The lowest BCUT2D eigenvalue weighted by Crippen LogP contribution is -2.37. The van der Waals surface area contributed by atoms with Crippen LogP contribution in [0.5, 0.6) is 5.75 Å². The summed E-state index contributed by atoms with van der Waals surface area (Å²) in [4.78, 5) is 27.0. The molecule has 2 aliphatic rings. The van der Waals surface area contributed by atoms with Gasteiger partial charge in [-0.2, -0.15) is 4.31 Å². The van der Waals surface area contributed by atoms with Crippen LogP contribution in [0, 0.1) is 0 Å². The number of para-hydroxylation sites is 1. The van der Waals surface area contributed by atoms with E-state index in [2.05, 4.69) is 0 Å². The Morgan fingerprint density at radius 1 is 1.10 bits per heavy atom. The monoisotopic (exact) mass is 583 g/mol. The van der Waals surface area contributed by atoms with Crippen LogP contribution in [0.2, 0.25) is 0 Å². The Balaban J connectivity index is 1.35. The number of methoxy groups -OCH3 is 1. The van der Waals surface area contributed by atoms with Gasteiger partial charge >= 0.3 is 0 Å². The molecule has 2 aliphatic heterocycles. The van der Waals surface area contributed by atoms with Gasteiger partial charge in [-0.3, -0.25) is 14.2 Å². The highest BCUT2D eigenvalue weighted by atomic mass is 32.2. The van der Waals surface area contributed by atoms with Crippen molar-refractivity contribution < 1.29 is 37.3 Å². The third-order valence-electron chi connectivity index (χ3n) is 7.18. The third-order valence-corrected chi connectivity index (χ3v) is 9.09. The van der Waals surface area contributed by atoms with Crippen molar-refractivity contribution in [3.63, 3.8) is 0 Å². The first kappa shape index (κ1) is 28.8. The zero-order valence-electron chi connectivity index (χ0n) is 22.9. The first-order chi connectivity index (χ1) is 19.7. The number of allylic oxidation sites excluding steroid dienone is 1. The van der Waals surface area contributed by atoms with Gasteiger partial charge in [-0.25, -0.2) is 8.42 Å². The average Bonchev–Trinajstić information content (AvgIpc) is 3.75. The molecule has 11 nitrogen and oxygen atoms in total. The van der Waals surface area contributed by atoms with E-state index < -0.39 is 16.3 Å². The second kappa shape index (κ2) is 12.0. The highest BCUT2D eigenvalue weighted by Gasteiger charge is 2.35. The summed E-state index contributed by atoms with van der Waals surface area (Å²) in [6.45, 7) is 2.24. The smallest absolute Gasteiger partial charge is 0.288 e. The van der Waals surface area contributed by atoms with E-state index in [-0.39, 0.29) is 54.7 Å². The van der Waals surface area contributed by atoms with Gasteiger partial charge in [-0.1, -0.05) is 18.2 Å². The molecule has 41 heavy (non-hydrogen) atoms. The lowest BCUT2D eigenvalue weighted by Gasteiger charge is -2.30. The molecule has 0 unspecified atom stereocenters. The molecule has 0 saturated carbocycles. The molecule has 2 atom stereocenters. The molecule has 12 heteroatoms. The summed E-state index contributed by atoms with van der Waals surface area (Å²) in [7, 11) is -2.42. The minimum Gasteiger partial charge on any atom is -0.497 e. The maximum Gasteiger partial charge on any atom is 0.288 e. The molecule has 218 valence electrons. The van der Waals surface area contributed by atoms with Crippen LogP contribution in [0.1, 0.15) is 29.6 Å². The van der Waals surface area contributed by atoms with Gasteiger partial charge < -0.3 is 24.2 Å². The van der Waals surface area contributed by atoms with E-state index in [1.807, 2.05) is 24.3 Å². The number of benzene rings is 2. The van der Waals surface area contributed by atoms with Crippen LogP contribution in [-0.2, 0) is 24.3 Å². The van der Waals surface area contributed by atoms with E-state index in [0.717, 1.165) is 20.8 Å². The highest BCUT2D eigenvalue weighted by Crippen LogP contribution is 2.37. The summed E-state index contributed by atoms with van der Waals surface area (Å²) in [5.74, 6) is 0.0508. The van der Waals surface area contributed by atoms with Gasteiger partial charge in [0.1, 0.15) is 5.75 Å². The number of aliphatic hydroxyl groups is 1. The minimum atomic E-state index is -3.91. The van der Waals surface area contributed by atoms with Gasteiger partial charge in [-0.15, -0.1) is 0 Å². The number of aromatic nitrogens is 1. The summed E-state index contributed by atoms with van der Waals surface area (Å²) in [5, 5.41) is 10.4. The average molecular weight is 584 g/mol.